The third kappa shape index (κ3) is 4.64. The van der Waals surface area contributed by atoms with Gasteiger partial charge in [-0.1, -0.05) is 37.4 Å². The predicted molar refractivity (Wildman–Crippen MR) is 102 cm³/mol. The zero-order valence-corrected chi connectivity index (χ0v) is 15.1. The lowest BCUT2D eigenvalue weighted by atomic mass is 10.2. The molecule has 0 aromatic carbocycles. The van der Waals surface area contributed by atoms with E-state index >= 15 is 0 Å². The number of aromatic nitrogens is 4. The Morgan fingerprint density at radius 1 is 1.08 bits per heavy atom. The monoisotopic (exact) mass is 370 g/mol. The highest BCUT2D eigenvalue weighted by atomic mass is 35.5. The molecule has 26 heavy (non-hydrogen) atoms. The molecule has 3 rings (SSSR count). The van der Waals surface area contributed by atoms with Crippen molar-refractivity contribution in [3.63, 3.8) is 0 Å². The molecular weight excluding hydrogens is 352 g/mol. The second-order valence-corrected chi connectivity index (χ2v) is 6.12. The van der Waals surface area contributed by atoms with Crippen molar-refractivity contribution in [2.45, 2.75) is 26.2 Å². The lowest BCUT2D eigenvalue weighted by Gasteiger charge is -2.07. The number of halogens is 1. The minimum absolute atomic E-state index is 0.284. The summed E-state index contributed by atoms with van der Waals surface area (Å²) in [5.41, 5.74) is 2.23. The van der Waals surface area contributed by atoms with E-state index in [9.17, 15) is 4.79 Å². The fraction of sp³-hybridized carbons (Fsp3) is 0.278. The molecule has 3 aromatic heterocycles. The van der Waals surface area contributed by atoms with Crippen molar-refractivity contribution in [3.8, 4) is 11.4 Å². The number of anilines is 1. The molecule has 7 nitrogen and oxygen atoms in total. The Kier molecular flexibility index (Phi) is 5.91. The number of carbonyl (C=O) groups excluding carboxylic acids is 1. The highest BCUT2D eigenvalue weighted by Crippen LogP contribution is 2.19. The Bertz CT molecular complexity index is 917. The van der Waals surface area contributed by atoms with Gasteiger partial charge in [-0.05, 0) is 30.7 Å². The maximum absolute atomic E-state index is 11.9. The van der Waals surface area contributed by atoms with E-state index in [4.69, 9.17) is 11.6 Å². The molecular formula is C18H19ClN6O. The van der Waals surface area contributed by atoms with Crippen molar-refractivity contribution in [2.24, 2.45) is 0 Å². The van der Waals surface area contributed by atoms with Crippen LogP contribution in [0, 0.1) is 0 Å². The van der Waals surface area contributed by atoms with Crippen LogP contribution in [-0.4, -0.2) is 32.5 Å². The van der Waals surface area contributed by atoms with Crippen molar-refractivity contribution in [3.05, 3.63) is 41.7 Å². The summed E-state index contributed by atoms with van der Waals surface area (Å²) in [5.74, 6) is 0.413. The van der Waals surface area contributed by atoms with Crippen LogP contribution in [0.5, 0.6) is 0 Å². The summed E-state index contributed by atoms with van der Waals surface area (Å²) in [5, 5.41) is 5.90. The standard InChI is InChI=1S/C18H19ClN6O/c1-2-3-4-10-20-18(26)25-16-9-8-13-17(24-16)23-14(11-21-13)12-6-5-7-15(19)22-12/h5-9,11H,2-4,10H2,1H3,(H2,20,23,24,25,26). The van der Waals surface area contributed by atoms with Gasteiger partial charge in [0.25, 0.3) is 0 Å². The number of hydrogen-bond acceptors (Lipinski definition) is 5. The Hall–Kier alpha value is -2.80. The first-order chi connectivity index (χ1) is 12.7. The number of amides is 2. The van der Waals surface area contributed by atoms with Gasteiger partial charge in [-0.15, -0.1) is 0 Å². The Labute approximate surface area is 156 Å². The second-order valence-electron chi connectivity index (χ2n) is 5.73. The molecule has 0 saturated carbocycles. The van der Waals surface area contributed by atoms with Crippen LogP contribution in [0.25, 0.3) is 22.6 Å². The van der Waals surface area contributed by atoms with Crippen LogP contribution in [0.1, 0.15) is 26.2 Å². The summed E-state index contributed by atoms with van der Waals surface area (Å²) >= 11 is 5.93. The van der Waals surface area contributed by atoms with Gasteiger partial charge in [-0.3, -0.25) is 10.3 Å². The van der Waals surface area contributed by atoms with E-state index in [-0.39, 0.29) is 6.03 Å². The first-order valence-corrected chi connectivity index (χ1v) is 8.85. The smallest absolute Gasteiger partial charge is 0.320 e. The first-order valence-electron chi connectivity index (χ1n) is 8.47. The first kappa shape index (κ1) is 18.0. The quantitative estimate of drug-likeness (QED) is 0.504. The number of rotatable bonds is 6. The van der Waals surface area contributed by atoms with Crippen molar-refractivity contribution in [1.29, 1.82) is 0 Å². The van der Waals surface area contributed by atoms with E-state index < -0.39 is 0 Å². The zero-order valence-electron chi connectivity index (χ0n) is 14.4. The minimum atomic E-state index is -0.284. The van der Waals surface area contributed by atoms with Crippen LogP contribution < -0.4 is 10.6 Å². The maximum atomic E-state index is 11.9. The van der Waals surface area contributed by atoms with Gasteiger partial charge in [0.05, 0.1) is 11.9 Å². The average molecular weight is 371 g/mol. The molecule has 0 unspecified atom stereocenters. The SMILES string of the molecule is CCCCCNC(=O)Nc1ccc2ncc(-c3cccc(Cl)n3)nc2n1. The van der Waals surface area contributed by atoms with Gasteiger partial charge in [0.2, 0.25) is 0 Å². The van der Waals surface area contributed by atoms with E-state index in [2.05, 4.69) is 37.5 Å². The highest BCUT2D eigenvalue weighted by Gasteiger charge is 2.08. The van der Waals surface area contributed by atoms with Gasteiger partial charge in [-0.2, -0.15) is 0 Å². The van der Waals surface area contributed by atoms with Crippen molar-refractivity contribution in [2.75, 3.05) is 11.9 Å². The molecule has 134 valence electrons. The molecule has 2 amide bonds. The molecule has 0 aliphatic rings. The second kappa shape index (κ2) is 8.53. The van der Waals surface area contributed by atoms with E-state index in [1.54, 1.807) is 36.5 Å². The van der Waals surface area contributed by atoms with Crippen LogP contribution in [-0.2, 0) is 0 Å². The van der Waals surface area contributed by atoms with Crippen LogP contribution in [0.2, 0.25) is 5.15 Å². The summed E-state index contributed by atoms with van der Waals surface area (Å²) < 4.78 is 0. The molecule has 0 fully saturated rings. The zero-order chi connectivity index (χ0) is 18.4. The summed E-state index contributed by atoms with van der Waals surface area (Å²) in [6.45, 7) is 2.75. The number of nitrogens with zero attached hydrogens (tertiary/aromatic N) is 4. The Balaban J connectivity index is 1.76. The van der Waals surface area contributed by atoms with Crippen molar-refractivity contribution >= 4 is 34.6 Å². The molecule has 3 heterocycles. The van der Waals surface area contributed by atoms with E-state index in [1.165, 1.54) is 0 Å². The van der Waals surface area contributed by atoms with Crippen molar-refractivity contribution < 1.29 is 4.79 Å². The highest BCUT2D eigenvalue weighted by molar-refractivity contribution is 6.29. The maximum Gasteiger partial charge on any atom is 0.320 e. The molecule has 0 spiro atoms. The summed E-state index contributed by atoms with van der Waals surface area (Å²) in [7, 11) is 0. The number of carbonyl (C=O) groups is 1. The van der Waals surface area contributed by atoms with E-state index in [1.807, 2.05) is 0 Å². The molecule has 0 aliphatic carbocycles. The molecule has 0 atom stereocenters. The minimum Gasteiger partial charge on any atom is -0.338 e. The van der Waals surface area contributed by atoms with Gasteiger partial charge in [0.1, 0.15) is 22.2 Å². The number of hydrogen-bond donors (Lipinski definition) is 2. The summed E-state index contributed by atoms with van der Waals surface area (Å²) in [6, 6.07) is 8.46. The topological polar surface area (TPSA) is 92.7 Å². The van der Waals surface area contributed by atoms with Gasteiger partial charge in [-0.25, -0.2) is 19.7 Å². The summed E-state index contributed by atoms with van der Waals surface area (Å²) in [4.78, 5) is 29.3. The predicted octanol–water partition coefficient (Wildman–Crippen LogP) is 4.05. The van der Waals surface area contributed by atoms with E-state index in [0.717, 1.165) is 19.3 Å². The van der Waals surface area contributed by atoms with Crippen molar-refractivity contribution in [1.82, 2.24) is 25.3 Å². The normalized spacial score (nSPS) is 10.7. The van der Waals surface area contributed by atoms with Crippen LogP contribution in [0.4, 0.5) is 10.6 Å². The van der Waals surface area contributed by atoms with Crippen LogP contribution in [0.15, 0.2) is 36.5 Å². The Morgan fingerprint density at radius 2 is 1.96 bits per heavy atom. The third-order valence-corrected chi connectivity index (χ3v) is 3.90. The van der Waals surface area contributed by atoms with E-state index in [0.29, 0.717) is 40.1 Å². The third-order valence-electron chi connectivity index (χ3n) is 3.69. The van der Waals surface area contributed by atoms with Gasteiger partial charge in [0, 0.05) is 6.54 Å². The largest absolute Gasteiger partial charge is 0.338 e. The van der Waals surface area contributed by atoms with Crippen LogP contribution >= 0.6 is 11.6 Å². The lowest BCUT2D eigenvalue weighted by Crippen LogP contribution is -2.29. The Morgan fingerprint density at radius 3 is 2.77 bits per heavy atom. The van der Waals surface area contributed by atoms with Gasteiger partial charge < -0.3 is 5.32 Å². The summed E-state index contributed by atoms with van der Waals surface area (Å²) in [6.07, 6.45) is 4.77. The number of nitrogens with one attached hydrogen (secondary N) is 2. The fourth-order valence-electron chi connectivity index (χ4n) is 2.38. The average Bonchev–Trinajstić information content (AvgIpc) is 2.65. The lowest BCUT2D eigenvalue weighted by molar-refractivity contribution is 0.252. The molecule has 0 radical (unpaired) electrons. The molecule has 0 aliphatic heterocycles. The molecule has 0 saturated heterocycles. The number of urea groups is 1. The van der Waals surface area contributed by atoms with Gasteiger partial charge in [0.15, 0.2) is 5.65 Å². The van der Waals surface area contributed by atoms with Gasteiger partial charge >= 0.3 is 6.03 Å². The number of unbranched alkanes of at least 4 members (excludes halogenated alkanes) is 2. The fourth-order valence-corrected chi connectivity index (χ4v) is 2.54. The molecule has 0 bridgehead atoms. The molecule has 8 heteroatoms. The number of pyridine rings is 2. The molecule has 3 aromatic rings. The molecule has 2 N–H and O–H groups in total. The number of fused-ring (bicyclic) bond motifs is 1. The van der Waals surface area contributed by atoms with Crippen LogP contribution in [0.3, 0.4) is 0 Å².